The third-order valence-corrected chi connectivity index (χ3v) is 5.28. The van der Waals surface area contributed by atoms with E-state index >= 15 is 0 Å². The molecule has 0 bridgehead atoms. The van der Waals surface area contributed by atoms with Gasteiger partial charge in [-0.15, -0.1) is 11.6 Å². The summed E-state index contributed by atoms with van der Waals surface area (Å²) in [6.07, 6.45) is 0. The highest BCUT2D eigenvalue weighted by Gasteiger charge is 2.28. The summed E-state index contributed by atoms with van der Waals surface area (Å²) in [5.41, 5.74) is 1.71. The van der Waals surface area contributed by atoms with Crippen LogP contribution in [0.5, 0.6) is 11.5 Å². The van der Waals surface area contributed by atoms with E-state index in [1.165, 1.54) is 12.1 Å². The van der Waals surface area contributed by atoms with Crippen LogP contribution < -0.4 is 0 Å². The summed E-state index contributed by atoms with van der Waals surface area (Å²) < 4.78 is 0. The van der Waals surface area contributed by atoms with Crippen LogP contribution in [0.2, 0.25) is 5.02 Å². The van der Waals surface area contributed by atoms with E-state index < -0.39 is 0 Å². The Hall–Kier alpha value is -1.95. The molecule has 1 unspecified atom stereocenters. The Balaban J connectivity index is 1.86. The van der Waals surface area contributed by atoms with Gasteiger partial charge in [0.1, 0.15) is 17.4 Å². The van der Waals surface area contributed by atoms with Crippen molar-refractivity contribution in [2.24, 2.45) is 0 Å². The number of amides is 1. The lowest BCUT2D eigenvalue weighted by atomic mass is 9.96. The monoisotopic (exact) mass is 408 g/mol. The molecule has 3 rings (SSSR count). The van der Waals surface area contributed by atoms with Crippen LogP contribution in [-0.4, -0.2) is 58.0 Å². The van der Waals surface area contributed by atoms with E-state index in [4.69, 9.17) is 23.2 Å². The number of carbonyl (C=O) groups is 1. The Bertz CT molecular complexity index is 816. The van der Waals surface area contributed by atoms with Crippen molar-refractivity contribution >= 4 is 29.1 Å². The van der Waals surface area contributed by atoms with E-state index in [-0.39, 0.29) is 29.2 Å². The number of carbonyl (C=O) groups excluding carboxylic acids is 1. The summed E-state index contributed by atoms with van der Waals surface area (Å²) in [5.74, 6) is -0.159. The van der Waals surface area contributed by atoms with Gasteiger partial charge >= 0.3 is 0 Å². The highest BCUT2D eigenvalue weighted by Crippen LogP contribution is 2.32. The first-order valence-corrected chi connectivity index (χ1v) is 9.70. The summed E-state index contributed by atoms with van der Waals surface area (Å²) in [6, 6.07) is 12.2. The molecule has 2 N–H and O–H groups in total. The van der Waals surface area contributed by atoms with Crippen LogP contribution in [0, 0.1) is 0 Å². The zero-order valence-electron chi connectivity index (χ0n) is 14.8. The summed E-state index contributed by atoms with van der Waals surface area (Å²) in [5, 5.41) is 20.8. The molecule has 0 radical (unpaired) electrons. The SMILES string of the molecule is O=C(CCl)N1CCN(Cc2cccc(Cl)c2)CC(c2cc(O)ccc2O)C1. The molecule has 1 amide bonds. The fourth-order valence-electron chi connectivity index (χ4n) is 3.49. The van der Waals surface area contributed by atoms with Crippen molar-refractivity contribution in [3.05, 3.63) is 58.6 Å². The summed E-state index contributed by atoms with van der Waals surface area (Å²) in [7, 11) is 0. The molecule has 0 aliphatic carbocycles. The lowest BCUT2D eigenvalue weighted by Gasteiger charge is -2.25. The fraction of sp³-hybridized carbons (Fsp3) is 0.350. The van der Waals surface area contributed by atoms with Crippen LogP contribution in [-0.2, 0) is 11.3 Å². The van der Waals surface area contributed by atoms with Gasteiger partial charge < -0.3 is 15.1 Å². The number of phenolic OH excluding ortho intramolecular Hbond substituents is 2. The predicted octanol–water partition coefficient (Wildman–Crippen LogP) is 3.42. The molecule has 0 aromatic heterocycles. The van der Waals surface area contributed by atoms with Crippen LogP contribution in [0.1, 0.15) is 17.0 Å². The average molecular weight is 409 g/mol. The van der Waals surface area contributed by atoms with Crippen molar-refractivity contribution < 1.29 is 15.0 Å². The maximum Gasteiger partial charge on any atom is 0.237 e. The Morgan fingerprint density at radius 1 is 1.11 bits per heavy atom. The number of aromatic hydroxyl groups is 2. The van der Waals surface area contributed by atoms with E-state index in [2.05, 4.69) is 4.90 Å². The predicted molar refractivity (Wildman–Crippen MR) is 107 cm³/mol. The number of hydrogen-bond acceptors (Lipinski definition) is 4. The first kappa shape index (κ1) is 19.8. The number of hydrogen-bond donors (Lipinski definition) is 2. The zero-order valence-corrected chi connectivity index (χ0v) is 16.3. The molecule has 1 aliphatic heterocycles. The average Bonchev–Trinajstić information content (AvgIpc) is 2.86. The molecule has 7 heteroatoms. The molecule has 5 nitrogen and oxygen atoms in total. The molecular weight excluding hydrogens is 387 g/mol. The smallest absolute Gasteiger partial charge is 0.237 e. The topological polar surface area (TPSA) is 64.0 Å². The molecule has 2 aromatic rings. The van der Waals surface area contributed by atoms with Gasteiger partial charge in [0, 0.05) is 49.2 Å². The second kappa shape index (κ2) is 8.83. The summed E-state index contributed by atoms with van der Waals surface area (Å²) in [4.78, 5) is 16.1. The summed E-state index contributed by atoms with van der Waals surface area (Å²) >= 11 is 11.9. The molecule has 1 aliphatic rings. The third-order valence-electron chi connectivity index (χ3n) is 4.82. The Morgan fingerprint density at radius 2 is 1.93 bits per heavy atom. The fourth-order valence-corrected chi connectivity index (χ4v) is 3.88. The van der Waals surface area contributed by atoms with Gasteiger partial charge in [-0.1, -0.05) is 23.7 Å². The van der Waals surface area contributed by atoms with Crippen LogP contribution in [0.4, 0.5) is 0 Å². The van der Waals surface area contributed by atoms with Crippen molar-refractivity contribution in [2.75, 3.05) is 32.1 Å². The number of rotatable bonds is 4. The lowest BCUT2D eigenvalue weighted by molar-refractivity contribution is -0.128. The number of phenols is 2. The molecule has 27 heavy (non-hydrogen) atoms. The van der Waals surface area contributed by atoms with Crippen molar-refractivity contribution in [1.29, 1.82) is 0 Å². The second-order valence-electron chi connectivity index (χ2n) is 6.78. The van der Waals surface area contributed by atoms with Crippen molar-refractivity contribution in [2.45, 2.75) is 12.5 Å². The first-order valence-electron chi connectivity index (χ1n) is 8.78. The van der Waals surface area contributed by atoms with Gasteiger partial charge in [-0.2, -0.15) is 0 Å². The third kappa shape index (κ3) is 5.06. The minimum absolute atomic E-state index is 0.0764. The van der Waals surface area contributed by atoms with E-state index in [1.54, 1.807) is 11.0 Å². The van der Waals surface area contributed by atoms with Crippen molar-refractivity contribution in [3.63, 3.8) is 0 Å². The molecule has 1 fully saturated rings. The van der Waals surface area contributed by atoms with Crippen molar-refractivity contribution in [3.8, 4) is 11.5 Å². The molecular formula is C20H22Cl2N2O3. The first-order chi connectivity index (χ1) is 13.0. The molecule has 1 heterocycles. The minimum Gasteiger partial charge on any atom is -0.508 e. The van der Waals surface area contributed by atoms with Gasteiger partial charge in [-0.05, 0) is 35.9 Å². The van der Waals surface area contributed by atoms with E-state index in [0.717, 1.165) is 5.56 Å². The van der Waals surface area contributed by atoms with Gasteiger partial charge in [-0.25, -0.2) is 0 Å². The van der Waals surface area contributed by atoms with Gasteiger partial charge in [-0.3, -0.25) is 9.69 Å². The Kier molecular flexibility index (Phi) is 6.47. The number of nitrogens with zero attached hydrogens (tertiary/aromatic N) is 2. The minimum atomic E-state index is -0.147. The largest absolute Gasteiger partial charge is 0.508 e. The zero-order chi connectivity index (χ0) is 19.4. The highest BCUT2D eigenvalue weighted by molar-refractivity contribution is 6.30. The maximum absolute atomic E-state index is 12.2. The number of benzene rings is 2. The van der Waals surface area contributed by atoms with Gasteiger partial charge in [0.15, 0.2) is 0 Å². The van der Waals surface area contributed by atoms with Crippen molar-refractivity contribution in [1.82, 2.24) is 9.80 Å². The molecule has 1 atom stereocenters. The molecule has 2 aromatic carbocycles. The van der Waals surface area contributed by atoms with Gasteiger partial charge in [0.2, 0.25) is 5.91 Å². The van der Waals surface area contributed by atoms with Crippen LogP contribution in [0.15, 0.2) is 42.5 Å². The molecule has 0 spiro atoms. The van der Waals surface area contributed by atoms with E-state index in [1.807, 2.05) is 24.3 Å². The number of halogens is 2. The van der Waals surface area contributed by atoms with Crippen LogP contribution >= 0.6 is 23.2 Å². The van der Waals surface area contributed by atoms with Gasteiger partial charge in [0.05, 0.1) is 0 Å². The van der Waals surface area contributed by atoms with E-state index in [0.29, 0.717) is 43.3 Å². The van der Waals surface area contributed by atoms with Crippen LogP contribution in [0.3, 0.4) is 0 Å². The maximum atomic E-state index is 12.2. The molecule has 0 saturated carbocycles. The molecule has 1 saturated heterocycles. The normalized spacial score (nSPS) is 18.3. The van der Waals surface area contributed by atoms with Gasteiger partial charge in [0.25, 0.3) is 0 Å². The highest BCUT2D eigenvalue weighted by atomic mass is 35.5. The Labute approximate surface area is 168 Å². The van der Waals surface area contributed by atoms with E-state index in [9.17, 15) is 15.0 Å². The lowest BCUT2D eigenvalue weighted by Crippen LogP contribution is -2.36. The number of alkyl halides is 1. The quantitative estimate of drug-likeness (QED) is 0.600. The Morgan fingerprint density at radius 3 is 2.67 bits per heavy atom. The second-order valence-corrected chi connectivity index (χ2v) is 7.48. The summed E-state index contributed by atoms with van der Waals surface area (Å²) in [6.45, 7) is 3.00. The molecule has 144 valence electrons. The standard InChI is InChI=1S/C20H22Cl2N2O3/c21-10-20(27)24-7-6-23(11-14-2-1-3-16(22)8-14)12-15(13-24)18-9-17(25)4-5-19(18)26/h1-5,8-9,15,25-26H,6-7,10-13H2. The van der Waals surface area contributed by atoms with Crippen LogP contribution in [0.25, 0.3) is 0 Å².